The summed E-state index contributed by atoms with van der Waals surface area (Å²) in [4.78, 5) is 12.1. The third-order valence-electron chi connectivity index (χ3n) is 2.86. The van der Waals surface area contributed by atoms with Crippen LogP contribution in [0.5, 0.6) is 0 Å². The van der Waals surface area contributed by atoms with Gasteiger partial charge in [-0.15, -0.1) is 0 Å². The fourth-order valence-electron chi connectivity index (χ4n) is 1.86. The summed E-state index contributed by atoms with van der Waals surface area (Å²) >= 11 is 1.62. The first kappa shape index (κ1) is 12.0. The molecule has 0 radical (unpaired) electrons. The van der Waals surface area contributed by atoms with Crippen LogP contribution in [0.1, 0.15) is 5.56 Å². The number of H-pyrrole nitrogens is 1. The number of aromatic amines is 1. The molecule has 3 rings (SSSR count). The third-order valence-corrected chi connectivity index (χ3v) is 3.91. The Balaban J connectivity index is 1.96. The zero-order valence-electron chi connectivity index (χ0n) is 10.8. The smallest absolute Gasteiger partial charge is 0.223 e. The Morgan fingerprint density at radius 1 is 1.26 bits per heavy atom. The molecule has 0 aliphatic heterocycles. The van der Waals surface area contributed by atoms with Gasteiger partial charge < -0.3 is 10.3 Å². The fraction of sp³-hybridized carbons (Fsp3) is 0.143. The zero-order chi connectivity index (χ0) is 13.2. The normalized spacial score (nSPS) is 10.8. The van der Waals surface area contributed by atoms with Crippen molar-refractivity contribution < 1.29 is 0 Å². The van der Waals surface area contributed by atoms with Crippen LogP contribution in [-0.4, -0.2) is 22.0 Å². The van der Waals surface area contributed by atoms with Crippen molar-refractivity contribution in [2.45, 2.75) is 17.0 Å². The van der Waals surface area contributed by atoms with Crippen molar-refractivity contribution in [3.05, 3.63) is 42.1 Å². The zero-order valence-corrected chi connectivity index (χ0v) is 11.6. The Hall–Kier alpha value is -2.01. The standard InChI is InChI=1S/C14H14N4S/c1-9-8-16-14(15-2)18-13(9)19-12-7-10-5-3-4-6-11(10)17-12/h3-8,17H,1-2H3,(H,15,16,18). The average Bonchev–Trinajstić information content (AvgIpc) is 2.83. The van der Waals surface area contributed by atoms with Crippen LogP contribution in [0, 0.1) is 6.92 Å². The number of rotatable bonds is 3. The average molecular weight is 270 g/mol. The highest BCUT2D eigenvalue weighted by atomic mass is 32.2. The van der Waals surface area contributed by atoms with E-state index in [0.29, 0.717) is 5.95 Å². The fourth-order valence-corrected chi connectivity index (χ4v) is 2.76. The van der Waals surface area contributed by atoms with Crippen LogP contribution in [0.15, 0.2) is 46.6 Å². The van der Waals surface area contributed by atoms with Crippen molar-refractivity contribution in [3.8, 4) is 0 Å². The van der Waals surface area contributed by atoms with Gasteiger partial charge in [-0.2, -0.15) is 0 Å². The maximum atomic E-state index is 4.48. The Bertz CT molecular complexity index is 687. The van der Waals surface area contributed by atoms with E-state index in [-0.39, 0.29) is 0 Å². The number of anilines is 1. The van der Waals surface area contributed by atoms with Gasteiger partial charge in [0, 0.05) is 29.7 Å². The molecule has 0 saturated carbocycles. The predicted molar refractivity (Wildman–Crippen MR) is 78.7 cm³/mol. The summed E-state index contributed by atoms with van der Waals surface area (Å²) in [6.45, 7) is 2.02. The molecule has 5 heteroatoms. The molecule has 1 aromatic carbocycles. The van der Waals surface area contributed by atoms with Crippen molar-refractivity contribution in [2.75, 3.05) is 12.4 Å². The molecule has 2 heterocycles. The molecule has 2 N–H and O–H groups in total. The van der Waals surface area contributed by atoms with Gasteiger partial charge in [-0.05, 0) is 19.1 Å². The van der Waals surface area contributed by atoms with Crippen LogP contribution in [0.4, 0.5) is 5.95 Å². The summed E-state index contributed by atoms with van der Waals surface area (Å²) in [7, 11) is 1.82. The molecular formula is C14H14N4S. The summed E-state index contributed by atoms with van der Waals surface area (Å²) in [5.41, 5.74) is 2.22. The van der Waals surface area contributed by atoms with Gasteiger partial charge in [0.25, 0.3) is 0 Å². The molecule has 4 nitrogen and oxygen atoms in total. The molecule has 0 saturated heterocycles. The SMILES string of the molecule is CNc1ncc(C)c(Sc2cc3ccccc3[nH]2)n1. The Kier molecular flexibility index (Phi) is 3.13. The predicted octanol–water partition coefficient (Wildman–Crippen LogP) is 3.46. The van der Waals surface area contributed by atoms with Crippen molar-refractivity contribution >= 4 is 28.6 Å². The number of aromatic nitrogens is 3. The van der Waals surface area contributed by atoms with E-state index in [2.05, 4.69) is 38.5 Å². The maximum absolute atomic E-state index is 4.48. The van der Waals surface area contributed by atoms with Crippen LogP contribution < -0.4 is 5.32 Å². The number of nitrogens with one attached hydrogen (secondary N) is 2. The van der Waals surface area contributed by atoms with Gasteiger partial charge in [-0.25, -0.2) is 9.97 Å². The lowest BCUT2D eigenvalue weighted by molar-refractivity contribution is 1.00. The van der Waals surface area contributed by atoms with Gasteiger partial charge in [0.1, 0.15) is 5.03 Å². The quantitative estimate of drug-likeness (QED) is 0.716. The highest BCUT2D eigenvalue weighted by molar-refractivity contribution is 7.99. The molecule has 0 fully saturated rings. The van der Waals surface area contributed by atoms with Gasteiger partial charge in [0.05, 0.1) is 5.03 Å². The maximum Gasteiger partial charge on any atom is 0.223 e. The lowest BCUT2D eigenvalue weighted by Crippen LogP contribution is -1.98. The second-order valence-electron chi connectivity index (χ2n) is 4.25. The van der Waals surface area contributed by atoms with Crippen molar-refractivity contribution in [1.29, 1.82) is 0 Å². The topological polar surface area (TPSA) is 53.6 Å². The summed E-state index contributed by atoms with van der Waals surface area (Å²) in [5, 5.41) is 6.23. The van der Waals surface area contributed by atoms with Crippen LogP contribution >= 0.6 is 11.8 Å². The largest absolute Gasteiger partial charge is 0.357 e. The van der Waals surface area contributed by atoms with E-state index in [1.54, 1.807) is 11.8 Å². The number of aryl methyl sites for hydroxylation is 1. The van der Waals surface area contributed by atoms with Gasteiger partial charge in [0.15, 0.2) is 0 Å². The lowest BCUT2D eigenvalue weighted by atomic mass is 10.3. The Morgan fingerprint density at radius 3 is 2.89 bits per heavy atom. The molecular weight excluding hydrogens is 256 g/mol. The van der Waals surface area contributed by atoms with E-state index in [1.165, 1.54) is 5.39 Å². The van der Waals surface area contributed by atoms with Crippen molar-refractivity contribution in [1.82, 2.24) is 15.0 Å². The molecule has 3 aromatic rings. The number of fused-ring (bicyclic) bond motifs is 1. The molecule has 0 amide bonds. The third kappa shape index (κ3) is 2.42. The molecule has 0 unspecified atom stereocenters. The van der Waals surface area contributed by atoms with E-state index < -0.39 is 0 Å². The molecule has 0 bridgehead atoms. The van der Waals surface area contributed by atoms with Crippen LogP contribution in [0.25, 0.3) is 10.9 Å². The summed E-state index contributed by atoms with van der Waals surface area (Å²) < 4.78 is 0. The minimum absolute atomic E-state index is 0.643. The Labute approximate surface area is 115 Å². The number of hydrogen-bond donors (Lipinski definition) is 2. The van der Waals surface area contributed by atoms with Gasteiger partial charge in [-0.1, -0.05) is 30.0 Å². The molecule has 0 aliphatic carbocycles. The van der Waals surface area contributed by atoms with E-state index in [4.69, 9.17) is 0 Å². The second-order valence-corrected chi connectivity index (χ2v) is 5.29. The molecule has 0 aliphatic rings. The number of hydrogen-bond acceptors (Lipinski definition) is 4. The second kappa shape index (κ2) is 4.93. The van der Waals surface area contributed by atoms with Crippen molar-refractivity contribution in [3.63, 3.8) is 0 Å². The highest BCUT2D eigenvalue weighted by Crippen LogP contribution is 2.30. The summed E-state index contributed by atoms with van der Waals surface area (Å²) in [6, 6.07) is 10.4. The van der Waals surface area contributed by atoms with E-state index in [0.717, 1.165) is 21.1 Å². The minimum atomic E-state index is 0.643. The van der Waals surface area contributed by atoms with Crippen LogP contribution in [0.3, 0.4) is 0 Å². The Morgan fingerprint density at radius 2 is 2.11 bits per heavy atom. The van der Waals surface area contributed by atoms with Crippen LogP contribution in [0.2, 0.25) is 0 Å². The molecule has 2 aromatic heterocycles. The van der Waals surface area contributed by atoms with E-state index in [9.17, 15) is 0 Å². The molecule has 96 valence electrons. The molecule has 0 atom stereocenters. The highest BCUT2D eigenvalue weighted by Gasteiger charge is 2.07. The van der Waals surface area contributed by atoms with E-state index in [1.807, 2.05) is 32.3 Å². The minimum Gasteiger partial charge on any atom is -0.357 e. The van der Waals surface area contributed by atoms with Gasteiger partial charge >= 0.3 is 0 Å². The summed E-state index contributed by atoms with van der Waals surface area (Å²) in [5.74, 6) is 0.643. The monoisotopic (exact) mass is 270 g/mol. The first-order chi connectivity index (χ1) is 9.26. The number of para-hydroxylation sites is 1. The van der Waals surface area contributed by atoms with Crippen molar-refractivity contribution in [2.24, 2.45) is 0 Å². The summed E-state index contributed by atoms with van der Waals surface area (Å²) in [6.07, 6.45) is 1.84. The van der Waals surface area contributed by atoms with E-state index >= 15 is 0 Å². The van der Waals surface area contributed by atoms with Crippen LogP contribution in [-0.2, 0) is 0 Å². The number of benzene rings is 1. The van der Waals surface area contributed by atoms with Gasteiger partial charge in [0.2, 0.25) is 5.95 Å². The first-order valence-electron chi connectivity index (χ1n) is 6.03. The lowest BCUT2D eigenvalue weighted by Gasteiger charge is -2.04. The van der Waals surface area contributed by atoms with Gasteiger partial charge in [-0.3, -0.25) is 0 Å². The first-order valence-corrected chi connectivity index (χ1v) is 6.85. The number of nitrogens with zero attached hydrogens (tertiary/aromatic N) is 2. The molecule has 0 spiro atoms. The molecule has 19 heavy (non-hydrogen) atoms.